The highest BCUT2D eigenvalue weighted by Crippen LogP contribution is 2.31. The highest BCUT2D eigenvalue weighted by Gasteiger charge is 2.31. The standard InChI is InChI=1S/C21H35FO4/c1-2-3-4-5-16-12-23-20(24-13-16)11-6-17-14-25-21(26-15-17)18-7-9-19(22)10-8-18/h9,16-18,20-21H,2-8,10-15H2,1H3/t16-,17-,18?,20-,21-. The first kappa shape index (κ1) is 20.2. The molecule has 3 aliphatic rings. The molecule has 0 aromatic carbocycles. The first-order chi connectivity index (χ1) is 12.7. The molecule has 26 heavy (non-hydrogen) atoms. The third-order valence-electron chi connectivity index (χ3n) is 5.84. The van der Waals surface area contributed by atoms with Gasteiger partial charge >= 0.3 is 0 Å². The Morgan fingerprint density at radius 3 is 2.27 bits per heavy atom. The molecule has 1 unspecified atom stereocenters. The zero-order chi connectivity index (χ0) is 18.2. The van der Waals surface area contributed by atoms with Crippen molar-refractivity contribution < 1.29 is 23.3 Å². The second-order valence-corrected chi connectivity index (χ2v) is 8.12. The molecule has 2 aliphatic heterocycles. The summed E-state index contributed by atoms with van der Waals surface area (Å²) in [5, 5.41) is 0. The summed E-state index contributed by atoms with van der Waals surface area (Å²) in [6.45, 7) is 5.34. The second kappa shape index (κ2) is 10.7. The largest absolute Gasteiger partial charge is 0.352 e. The zero-order valence-corrected chi connectivity index (χ0v) is 16.2. The van der Waals surface area contributed by atoms with Crippen molar-refractivity contribution in [3.8, 4) is 0 Å². The Morgan fingerprint density at radius 1 is 0.923 bits per heavy atom. The van der Waals surface area contributed by atoms with Crippen LogP contribution in [0.4, 0.5) is 4.39 Å². The molecule has 2 saturated heterocycles. The predicted octanol–water partition coefficient (Wildman–Crippen LogP) is 4.98. The molecule has 1 atom stereocenters. The number of ether oxygens (including phenoxy) is 4. The van der Waals surface area contributed by atoms with Gasteiger partial charge in [-0.15, -0.1) is 0 Å². The molecule has 1 aliphatic carbocycles. The maximum atomic E-state index is 13.1. The molecule has 0 aromatic heterocycles. The number of hydrogen-bond donors (Lipinski definition) is 0. The van der Waals surface area contributed by atoms with E-state index in [1.54, 1.807) is 6.08 Å². The third kappa shape index (κ3) is 6.29. The number of rotatable bonds is 8. The molecule has 0 aromatic rings. The Labute approximate surface area is 157 Å². The normalized spacial score (nSPS) is 35.9. The van der Waals surface area contributed by atoms with Crippen LogP contribution in [0.1, 0.15) is 64.7 Å². The molecule has 150 valence electrons. The Balaban J connectivity index is 1.26. The molecule has 3 rings (SSSR count). The van der Waals surface area contributed by atoms with Gasteiger partial charge < -0.3 is 18.9 Å². The van der Waals surface area contributed by atoms with E-state index in [0.29, 0.717) is 24.2 Å². The van der Waals surface area contributed by atoms with Crippen LogP contribution in [0.15, 0.2) is 11.9 Å². The lowest BCUT2D eigenvalue weighted by molar-refractivity contribution is -0.233. The summed E-state index contributed by atoms with van der Waals surface area (Å²) in [6.07, 6.45) is 10.5. The van der Waals surface area contributed by atoms with Gasteiger partial charge in [-0.1, -0.05) is 32.3 Å². The molecular weight excluding hydrogens is 335 g/mol. The monoisotopic (exact) mass is 370 g/mol. The summed E-state index contributed by atoms with van der Waals surface area (Å²) in [7, 11) is 0. The van der Waals surface area contributed by atoms with E-state index < -0.39 is 0 Å². The van der Waals surface area contributed by atoms with Gasteiger partial charge in [-0.3, -0.25) is 0 Å². The topological polar surface area (TPSA) is 36.9 Å². The minimum Gasteiger partial charge on any atom is -0.352 e. The highest BCUT2D eigenvalue weighted by molar-refractivity contribution is 4.98. The molecule has 2 heterocycles. The van der Waals surface area contributed by atoms with Crippen LogP contribution in [-0.4, -0.2) is 39.0 Å². The Bertz CT molecular complexity index is 426. The van der Waals surface area contributed by atoms with E-state index >= 15 is 0 Å². The molecule has 0 bridgehead atoms. The fourth-order valence-corrected chi connectivity index (χ4v) is 4.04. The van der Waals surface area contributed by atoms with Crippen LogP contribution < -0.4 is 0 Å². The Hall–Kier alpha value is -0.490. The molecule has 5 heteroatoms. The molecular formula is C21H35FO4. The van der Waals surface area contributed by atoms with Crippen molar-refractivity contribution in [1.82, 2.24) is 0 Å². The Morgan fingerprint density at radius 2 is 1.62 bits per heavy atom. The smallest absolute Gasteiger partial charge is 0.160 e. The first-order valence-corrected chi connectivity index (χ1v) is 10.6. The molecule has 2 fully saturated rings. The number of halogens is 1. The van der Waals surface area contributed by atoms with Crippen LogP contribution in [-0.2, 0) is 18.9 Å². The van der Waals surface area contributed by atoms with Crippen molar-refractivity contribution in [2.24, 2.45) is 17.8 Å². The van der Waals surface area contributed by atoms with Crippen molar-refractivity contribution in [3.63, 3.8) is 0 Å². The summed E-state index contributed by atoms with van der Waals surface area (Å²) < 4.78 is 36.7. The molecule has 0 amide bonds. The van der Waals surface area contributed by atoms with Gasteiger partial charge in [0.15, 0.2) is 12.6 Å². The predicted molar refractivity (Wildman–Crippen MR) is 98.3 cm³/mol. The van der Waals surface area contributed by atoms with Gasteiger partial charge in [0.25, 0.3) is 0 Å². The van der Waals surface area contributed by atoms with Crippen molar-refractivity contribution in [2.45, 2.75) is 77.3 Å². The van der Waals surface area contributed by atoms with Crippen LogP contribution in [0.3, 0.4) is 0 Å². The van der Waals surface area contributed by atoms with Gasteiger partial charge in [-0.2, -0.15) is 0 Å². The maximum Gasteiger partial charge on any atom is 0.160 e. The first-order valence-electron chi connectivity index (χ1n) is 10.6. The minimum absolute atomic E-state index is 0.00928. The van der Waals surface area contributed by atoms with Crippen molar-refractivity contribution in [3.05, 3.63) is 11.9 Å². The zero-order valence-electron chi connectivity index (χ0n) is 16.2. The second-order valence-electron chi connectivity index (χ2n) is 8.12. The lowest BCUT2D eigenvalue weighted by Crippen LogP contribution is -2.38. The average molecular weight is 371 g/mol. The molecule has 0 spiro atoms. The Kier molecular flexibility index (Phi) is 8.37. The fraction of sp³-hybridized carbons (Fsp3) is 0.905. The number of unbranched alkanes of at least 4 members (excludes halogenated alkanes) is 2. The van der Waals surface area contributed by atoms with E-state index in [-0.39, 0.29) is 18.4 Å². The van der Waals surface area contributed by atoms with Gasteiger partial charge in [0.1, 0.15) is 0 Å². The van der Waals surface area contributed by atoms with Crippen molar-refractivity contribution in [2.75, 3.05) is 26.4 Å². The highest BCUT2D eigenvalue weighted by atomic mass is 19.1. The van der Waals surface area contributed by atoms with Gasteiger partial charge in [0.05, 0.1) is 32.3 Å². The van der Waals surface area contributed by atoms with Crippen LogP contribution >= 0.6 is 0 Å². The van der Waals surface area contributed by atoms with Gasteiger partial charge in [-0.05, 0) is 38.5 Å². The van der Waals surface area contributed by atoms with Gasteiger partial charge in [-0.25, -0.2) is 4.39 Å². The molecule has 0 radical (unpaired) electrons. The SMILES string of the molecule is CCCCC[C@H]1CO[C@H](CC[C@H]2CO[C@H](C3CC=C(F)CC3)OC2)OC1. The minimum atomic E-state index is -0.165. The average Bonchev–Trinajstić information content (AvgIpc) is 2.69. The molecule has 4 nitrogen and oxygen atoms in total. The summed E-state index contributed by atoms with van der Waals surface area (Å²) in [5.41, 5.74) is 0. The summed E-state index contributed by atoms with van der Waals surface area (Å²) in [5.74, 6) is 1.27. The lowest BCUT2D eigenvalue weighted by atomic mass is 9.92. The van der Waals surface area contributed by atoms with Crippen LogP contribution in [0, 0.1) is 17.8 Å². The van der Waals surface area contributed by atoms with E-state index in [4.69, 9.17) is 18.9 Å². The van der Waals surface area contributed by atoms with Crippen LogP contribution in [0.2, 0.25) is 0 Å². The lowest BCUT2D eigenvalue weighted by Gasteiger charge is -2.36. The molecule has 0 saturated carbocycles. The fourth-order valence-electron chi connectivity index (χ4n) is 4.04. The van der Waals surface area contributed by atoms with Crippen LogP contribution in [0.5, 0.6) is 0 Å². The van der Waals surface area contributed by atoms with E-state index in [2.05, 4.69) is 6.92 Å². The summed E-state index contributed by atoms with van der Waals surface area (Å²) in [6, 6.07) is 0. The van der Waals surface area contributed by atoms with E-state index in [0.717, 1.165) is 52.1 Å². The number of allylic oxidation sites excluding steroid dienone is 2. The summed E-state index contributed by atoms with van der Waals surface area (Å²) in [4.78, 5) is 0. The third-order valence-corrected chi connectivity index (χ3v) is 5.84. The van der Waals surface area contributed by atoms with Gasteiger partial charge in [0, 0.05) is 17.8 Å². The maximum absolute atomic E-state index is 13.1. The van der Waals surface area contributed by atoms with E-state index in [9.17, 15) is 4.39 Å². The quantitative estimate of drug-likeness (QED) is 0.565. The summed E-state index contributed by atoms with van der Waals surface area (Å²) >= 11 is 0. The van der Waals surface area contributed by atoms with Gasteiger partial charge in [0.2, 0.25) is 0 Å². The van der Waals surface area contributed by atoms with E-state index in [1.807, 2.05) is 0 Å². The van der Waals surface area contributed by atoms with Crippen LogP contribution in [0.25, 0.3) is 0 Å². The van der Waals surface area contributed by atoms with Crippen molar-refractivity contribution >= 4 is 0 Å². The molecule has 0 N–H and O–H groups in total. The van der Waals surface area contributed by atoms with Crippen molar-refractivity contribution in [1.29, 1.82) is 0 Å². The number of hydrogen-bond acceptors (Lipinski definition) is 4. The van der Waals surface area contributed by atoms with E-state index in [1.165, 1.54) is 25.7 Å².